The van der Waals surface area contributed by atoms with E-state index in [4.69, 9.17) is 0 Å². The van der Waals surface area contributed by atoms with Gasteiger partial charge in [0.25, 0.3) is 5.56 Å². The Bertz CT molecular complexity index is 1140. The van der Waals surface area contributed by atoms with Crippen molar-refractivity contribution in [3.05, 3.63) is 51.1 Å². The fourth-order valence-electron chi connectivity index (χ4n) is 4.81. The molecule has 0 amide bonds. The van der Waals surface area contributed by atoms with Crippen molar-refractivity contribution in [2.24, 2.45) is 5.92 Å². The van der Waals surface area contributed by atoms with E-state index in [2.05, 4.69) is 78.2 Å². The third kappa shape index (κ3) is 4.03. The molecule has 1 aliphatic rings. The summed E-state index contributed by atoms with van der Waals surface area (Å²) in [5.74, 6) is 1.32. The van der Waals surface area contributed by atoms with E-state index >= 15 is 0 Å². The number of aryl methyl sites for hydroxylation is 2. The molecule has 2 aromatic heterocycles. The number of nitrogens with one attached hydrogen (secondary N) is 1. The van der Waals surface area contributed by atoms with Crippen molar-refractivity contribution in [2.45, 2.75) is 72.4 Å². The van der Waals surface area contributed by atoms with Crippen LogP contribution in [0.15, 0.2) is 23.0 Å². The lowest BCUT2D eigenvalue weighted by molar-refractivity contribution is 0.135. The normalized spacial score (nSPS) is 19.1. The molecule has 0 spiro atoms. The van der Waals surface area contributed by atoms with E-state index in [-0.39, 0.29) is 17.1 Å². The molecule has 0 radical (unpaired) electrons. The van der Waals surface area contributed by atoms with Gasteiger partial charge in [-0.15, -0.1) is 5.10 Å². The zero-order chi connectivity index (χ0) is 22.3. The van der Waals surface area contributed by atoms with Crippen LogP contribution in [0.1, 0.15) is 75.5 Å². The summed E-state index contributed by atoms with van der Waals surface area (Å²) >= 11 is 0. The molecular formula is C24H34N6O. The Hall–Kier alpha value is -2.54. The average Bonchev–Trinajstić information content (AvgIpc) is 3.20. The van der Waals surface area contributed by atoms with Gasteiger partial charge in [0, 0.05) is 12.1 Å². The van der Waals surface area contributed by atoms with Crippen LogP contribution in [0.4, 0.5) is 0 Å². The summed E-state index contributed by atoms with van der Waals surface area (Å²) in [6.45, 7) is 14.7. The number of H-pyrrole nitrogens is 1. The zero-order valence-electron chi connectivity index (χ0n) is 19.6. The molecule has 3 aromatic rings. The van der Waals surface area contributed by atoms with Gasteiger partial charge in [0.1, 0.15) is 6.04 Å². The van der Waals surface area contributed by atoms with E-state index in [1.807, 2.05) is 11.6 Å². The lowest BCUT2D eigenvalue weighted by Gasteiger charge is -2.37. The maximum absolute atomic E-state index is 13.4. The Morgan fingerprint density at radius 3 is 2.74 bits per heavy atom. The van der Waals surface area contributed by atoms with Crippen LogP contribution in [0.25, 0.3) is 10.9 Å². The lowest BCUT2D eigenvalue weighted by atomic mass is 9.94. The molecule has 0 bridgehead atoms. The van der Waals surface area contributed by atoms with Crippen LogP contribution in [0.2, 0.25) is 0 Å². The average molecular weight is 423 g/mol. The van der Waals surface area contributed by atoms with Crippen molar-refractivity contribution in [1.29, 1.82) is 0 Å². The van der Waals surface area contributed by atoms with Gasteiger partial charge in [-0.25, -0.2) is 4.68 Å². The number of hydrogen-bond donors (Lipinski definition) is 1. The monoisotopic (exact) mass is 422 g/mol. The Labute approximate surface area is 183 Å². The molecule has 4 rings (SSSR count). The van der Waals surface area contributed by atoms with Gasteiger partial charge >= 0.3 is 0 Å². The number of fused-ring (bicyclic) bond motifs is 1. The number of tetrazole rings is 1. The van der Waals surface area contributed by atoms with E-state index in [1.165, 1.54) is 12.0 Å². The molecule has 1 aromatic carbocycles. The molecule has 31 heavy (non-hydrogen) atoms. The number of likely N-dealkylation sites (tertiary alicyclic amines) is 1. The lowest BCUT2D eigenvalue weighted by Crippen LogP contribution is -2.42. The predicted octanol–water partition coefficient (Wildman–Crippen LogP) is 4.10. The summed E-state index contributed by atoms with van der Waals surface area (Å²) in [4.78, 5) is 19.0. The van der Waals surface area contributed by atoms with E-state index in [0.717, 1.165) is 53.8 Å². The van der Waals surface area contributed by atoms with Crippen LogP contribution in [0, 0.1) is 19.8 Å². The first-order chi connectivity index (χ1) is 14.7. The number of aromatic nitrogens is 5. The number of benzene rings is 1. The summed E-state index contributed by atoms with van der Waals surface area (Å²) in [6, 6.07) is 6.01. The van der Waals surface area contributed by atoms with E-state index in [1.54, 1.807) is 0 Å². The molecular weight excluding hydrogens is 388 g/mol. The van der Waals surface area contributed by atoms with Crippen LogP contribution in [-0.4, -0.2) is 43.2 Å². The minimum absolute atomic E-state index is 0.0634. The number of hydrogen-bond acceptors (Lipinski definition) is 5. The third-order valence-electron chi connectivity index (χ3n) is 6.85. The summed E-state index contributed by atoms with van der Waals surface area (Å²) in [5, 5.41) is 13.9. The molecule has 0 unspecified atom stereocenters. The van der Waals surface area contributed by atoms with E-state index in [9.17, 15) is 4.79 Å². The van der Waals surface area contributed by atoms with Crippen LogP contribution in [0.3, 0.4) is 0 Å². The number of aromatic amines is 1. The van der Waals surface area contributed by atoms with E-state index in [0.29, 0.717) is 5.92 Å². The number of rotatable bonds is 5. The first-order valence-electron chi connectivity index (χ1n) is 11.4. The maximum atomic E-state index is 13.4. The standard InChI is InChI=1S/C24H34N6O/c1-7-24(5,6)30-22(26-27-28-30)21(29-10-8-9-15(2)14-29)19-13-18-12-16(3)11-17(4)20(18)25-23(19)31/h11-13,15,21H,7-10,14H2,1-6H3,(H,25,31)/t15-,21-/m1/s1. The Balaban J connectivity index is 1.94. The fourth-order valence-corrected chi connectivity index (χ4v) is 4.81. The largest absolute Gasteiger partial charge is 0.321 e. The Morgan fingerprint density at radius 1 is 1.26 bits per heavy atom. The predicted molar refractivity (Wildman–Crippen MR) is 123 cm³/mol. The minimum Gasteiger partial charge on any atom is -0.321 e. The number of nitrogens with zero attached hydrogens (tertiary/aromatic N) is 5. The van der Waals surface area contributed by atoms with Crippen molar-refractivity contribution in [1.82, 2.24) is 30.1 Å². The summed E-state index contributed by atoms with van der Waals surface area (Å²) in [5.41, 5.74) is 3.58. The summed E-state index contributed by atoms with van der Waals surface area (Å²) in [7, 11) is 0. The second kappa shape index (κ2) is 8.19. The maximum Gasteiger partial charge on any atom is 0.253 e. The highest BCUT2D eigenvalue weighted by atomic mass is 16.1. The smallest absolute Gasteiger partial charge is 0.253 e. The van der Waals surface area contributed by atoms with Crippen LogP contribution in [0.5, 0.6) is 0 Å². The van der Waals surface area contributed by atoms with E-state index < -0.39 is 0 Å². The number of pyridine rings is 1. The zero-order valence-corrected chi connectivity index (χ0v) is 19.6. The van der Waals surface area contributed by atoms with Gasteiger partial charge in [0.05, 0.1) is 11.1 Å². The topological polar surface area (TPSA) is 79.7 Å². The second-order valence-electron chi connectivity index (χ2n) is 9.86. The Kier molecular flexibility index (Phi) is 5.73. The van der Waals surface area contributed by atoms with Crippen molar-refractivity contribution < 1.29 is 0 Å². The van der Waals surface area contributed by atoms with Gasteiger partial charge in [0.2, 0.25) is 0 Å². The minimum atomic E-state index is -0.280. The highest BCUT2D eigenvalue weighted by Gasteiger charge is 2.35. The first-order valence-corrected chi connectivity index (χ1v) is 11.4. The fraction of sp³-hybridized carbons (Fsp3) is 0.583. The molecule has 1 aliphatic heterocycles. The SMILES string of the molecule is CCC(C)(C)n1nnnc1[C@@H](c1cc2cc(C)cc(C)c2[nH]c1=O)N1CCC[C@@H](C)C1. The molecule has 2 atom stereocenters. The van der Waals surface area contributed by atoms with Crippen molar-refractivity contribution in [3.8, 4) is 0 Å². The molecule has 7 heteroatoms. The van der Waals surface area contributed by atoms with Gasteiger partial charge in [-0.3, -0.25) is 9.69 Å². The molecule has 7 nitrogen and oxygen atoms in total. The highest BCUT2D eigenvalue weighted by molar-refractivity contribution is 5.83. The second-order valence-corrected chi connectivity index (χ2v) is 9.86. The van der Waals surface area contributed by atoms with Gasteiger partial charge in [-0.2, -0.15) is 0 Å². The quantitative estimate of drug-likeness (QED) is 0.670. The molecule has 1 saturated heterocycles. The highest BCUT2D eigenvalue weighted by Crippen LogP contribution is 2.33. The molecule has 0 saturated carbocycles. The van der Waals surface area contributed by atoms with Gasteiger partial charge in [-0.1, -0.05) is 25.5 Å². The van der Waals surface area contributed by atoms with Crippen LogP contribution >= 0.6 is 0 Å². The molecule has 1 fully saturated rings. The van der Waals surface area contributed by atoms with Crippen molar-refractivity contribution >= 4 is 10.9 Å². The van der Waals surface area contributed by atoms with Crippen molar-refractivity contribution in [3.63, 3.8) is 0 Å². The van der Waals surface area contributed by atoms with Gasteiger partial charge in [0.15, 0.2) is 5.82 Å². The summed E-state index contributed by atoms with van der Waals surface area (Å²) in [6.07, 6.45) is 3.21. The van der Waals surface area contributed by atoms with Crippen LogP contribution < -0.4 is 5.56 Å². The molecule has 3 heterocycles. The van der Waals surface area contributed by atoms with Gasteiger partial charge in [-0.05, 0) is 92.9 Å². The van der Waals surface area contributed by atoms with Crippen LogP contribution in [-0.2, 0) is 5.54 Å². The first kappa shape index (κ1) is 21.7. The third-order valence-corrected chi connectivity index (χ3v) is 6.85. The molecule has 0 aliphatic carbocycles. The summed E-state index contributed by atoms with van der Waals surface area (Å²) < 4.78 is 1.92. The van der Waals surface area contributed by atoms with Gasteiger partial charge < -0.3 is 4.98 Å². The molecule has 1 N–H and O–H groups in total. The Morgan fingerprint density at radius 2 is 2.03 bits per heavy atom. The molecule has 166 valence electrons. The van der Waals surface area contributed by atoms with Crippen molar-refractivity contribution in [2.75, 3.05) is 13.1 Å². The number of piperidine rings is 1.